The Balaban J connectivity index is 1.67. The molecule has 0 aliphatic carbocycles. The van der Waals surface area contributed by atoms with Crippen molar-refractivity contribution in [2.75, 3.05) is 0 Å². The quantitative estimate of drug-likeness (QED) is 0.539. The molecule has 0 bridgehead atoms. The number of nitrogens with zero attached hydrogens (tertiary/aromatic N) is 3. The number of thiazole rings is 1. The number of thioether (sulfide) groups is 1. The largest absolute Gasteiger partial charge is 0.378 e. The predicted octanol–water partition coefficient (Wildman–Crippen LogP) is 4.15. The first-order valence-corrected chi connectivity index (χ1v) is 9.96. The second-order valence-corrected chi connectivity index (χ2v) is 7.65. The van der Waals surface area contributed by atoms with Gasteiger partial charge in [0.25, 0.3) is 5.56 Å². The summed E-state index contributed by atoms with van der Waals surface area (Å²) in [5.74, 6) is 1.06. The van der Waals surface area contributed by atoms with E-state index in [9.17, 15) is 4.79 Å². The maximum absolute atomic E-state index is 12.0. The summed E-state index contributed by atoms with van der Waals surface area (Å²) in [7, 11) is 0. The number of aliphatic imine (C=N–C) groups is 1. The van der Waals surface area contributed by atoms with Gasteiger partial charge in [0.15, 0.2) is 10.1 Å². The average molecular weight is 373 g/mol. The van der Waals surface area contributed by atoms with Gasteiger partial charge in [-0.3, -0.25) is 9.20 Å². The molecule has 0 saturated heterocycles. The third-order valence-electron chi connectivity index (χ3n) is 4.04. The third-order valence-corrected chi connectivity index (χ3v) is 5.62. The van der Waals surface area contributed by atoms with E-state index in [1.807, 2.05) is 17.5 Å². The summed E-state index contributed by atoms with van der Waals surface area (Å²) in [6.45, 7) is 4.39. The van der Waals surface area contributed by atoms with Crippen LogP contribution in [0.3, 0.4) is 0 Å². The lowest BCUT2D eigenvalue weighted by Gasteiger charge is -2.08. The molecule has 7 heteroatoms. The number of hydrogen-bond acceptors (Lipinski definition) is 5. The van der Waals surface area contributed by atoms with E-state index in [0.29, 0.717) is 27.5 Å². The summed E-state index contributed by atoms with van der Waals surface area (Å²) in [5.41, 5.74) is 8.79. The highest BCUT2D eigenvalue weighted by Gasteiger charge is 2.06. The number of benzene rings is 1. The van der Waals surface area contributed by atoms with E-state index in [0.717, 1.165) is 12.1 Å². The van der Waals surface area contributed by atoms with Crippen molar-refractivity contribution in [3.8, 4) is 0 Å². The molecule has 2 N–H and O–H groups in total. The van der Waals surface area contributed by atoms with Gasteiger partial charge < -0.3 is 5.73 Å². The van der Waals surface area contributed by atoms with Crippen LogP contribution in [0.25, 0.3) is 4.96 Å². The van der Waals surface area contributed by atoms with Crippen molar-refractivity contribution in [3.05, 3.63) is 63.5 Å². The fraction of sp³-hybridized carbons (Fsp3) is 0.278. The molecule has 0 amide bonds. The minimum Gasteiger partial charge on any atom is -0.378 e. The van der Waals surface area contributed by atoms with Gasteiger partial charge in [-0.1, -0.05) is 37.7 Å². The van der Waals surface area contributed by atoms with Crippen molar-refractivity contribution >= 4 is 38.9 Å². The maximum atomic E-state index is 12.0. The summed E-state index contributed by atoms with van der Waals surface area (Å²) in [6, 6.07) is 9.70. The molecular formula is C18H20N4OS2. The van der Waals surface area contributed by atoms with Gasteiger partial charge in [-0.05, 0) is 30.0 Å². The molecular weight excluding hydrogens is 352 g/mol. The van der Waals surface area contributed by atoms with Crippen LogP contribution < -0.4 is 11.3 Å². The van der Waals surface area contributed by atoms with Gasteiger partial charge in [0, 0.05) is 23.4 Å². The van der Waals surface area contributed by atoms with Crippen molar-refractivity contribution in [1.29, 1.82) is 0 Å². The standard InChI is InChI=1S/C18H20N4OS2/c1-3-12(2)13-4-6-14(7-5-13)20-17(19)25-11-15-10-16(23)22-8-9-24-18(22)21-15/h4-10,12H,3,11H2,1-2H3,(H2,19,20)/t12-/m0/s1. The fourth-order valence-electron chi connectivity index (χ4n) is 2.38. The summed E-state index contributed by atoms with van der Waals surface area (Å²) in [6.07, 6.45) is 2.84. The van der Waals surface area contributed by atoms with Crippen molar-refractivity contribution in [1.82, 2.24) is 9.38 Å². The molecule has 3 aromatic rings. The molecule has 0 radical (unpaired) electrons. The molecule has 1 aromatic carbocycles. The molecule has 130 valence electrons. The zero-order valence-electron chi connectivity index (χ0n) is 14.2. The summed E-state index contributed by atoms with van der Waals surface area (Å²) >= 11 is 2.82. The molecule has 3 rings (SSSR count). The first-order valence-electron chi connectivity index (χ1n) is 8.09. The number of hydrogen-bond donors (Lipinski definition) is 1. The highest BCUT2D eigenvalue weighted by Crippen LogP contribution is 2.22. The van der Waals surface area contributed by atoms with Gasteiger partial charge in [0.05, 0.1) is 11.4 Å². The normalized spacial score (nSPS) is 13.3. The lowest BCUT2D eigenvalue weighted by atomic mass is 9.99. The van der Waals surface area contributed by atoms with Crippen LogP contribution in [0.4, 0.5) is 5.69 Å². The molecule has 5 nitrogen and oxygen atoms in total. The smallest absolute Gasteiger partial charge is 0.258 e. The van der Waals surface area contributed by atoms with Crippen LogP contribution >= 0.6 is 23.1 Å². The Bertz CT molecular complexity index is 944. The van der Waals surface area contributed by atoms with Crippen molar-refractivity contribution in [2.24, 2.45) is 10.7 Å². The molecule has 0 fully saturated rings. The van der Waals surface area contributed by atoms with E-state index in [2.05, 4.69) is 36.0 Å². The molecule has 2 heterocycles. The Labute approximate surface area is 154 Å². The highest BCUT2D eigenvalue weighted by atomic mass is 32.2. The first-order chi connectivity index (χ1) is 12.1. The van der Waals surface area contributed by atoms with Crippen molar-refractivity contribution in [3.63, 3.8) is 0 Å². The zero-order valence-corrected chi connectivity index (χ0v) is 15.8. The Morgan fingerprint density at radius 3 is 2.88 bits per heavy atom. The van der Waals surface area contributed by atoms with Gasteiger partial charge in [-0.2, -0.15) is 0 Å². The monoisotopic (exact) mass is 372 g/mol. The summed E-state index contributed by atoms with van der Waals surface area (Å²) < 4.78 is 1.54. The van der Waals surface area contributed by atoms with Crippen LogP contribution in [0.1, 0.15) is 37.4 Å². The van der Waals surface area contributed by atoms with Crippen LogP contribution in [0, 0.1) is 0 Å². The maximum Gasteiger partial charge on any atom is 0.258 e. The number of rotatable bonds is 5. The molecule has 25 heavy (non-hydrogen) atoms. The Hall–Kier alpha value is -2.12. The lowest BCUT2D eigenvalue weighted by molar-refractivity contribution is 0.734. The van der Waals surface area contributed by atoms with E-state index in [1.54, 1.807) is 12.3 Å². The molecule has 0 spiro atoms. The van der Waals surface area contributed by atoms with E-state index in [-0.39, 0.29) is 5.56 Å². The van der Waals surface area contributed by atoms with E-state index < -0.39 is 0 Å². The SMILES string of the molecule is CC[C@H](C)c1ccc(N=C(N)SCc2cc(=O)n3ccsc3n2)cc1. The Kier molecular flexibility index (Phi) is 5.55. The Morgan fingerprint density at radius 2 is 2.16 bits per heavy atom. The van der Waals surface area contributed by atoms with E-state index in [4.69, 9.17) is 5.73 Å². The minimum atomic E-state index is -0.0713. The number of fused-ring (bicyclic) bond motifs is 1. The zero-order chi connectivity index (χ0) is 17.8. The molecule has 0 aliphatic heterocycles. The first kappa shape index (κ1) is 17.7. The second kappa shape index (κ2) is 7.84. The minimum absolute atomic E-state index is 0.0713. The number of nitrogens with two attached hydrogens (primary N) is 1. The van der Waals surface area contributed by atoms with Gasteiger partial charge in [0.1, 0.15) is 0 Å². The average Bonchev–Trinajstić information content (AvgIpc) is 3.09. The van der Waals surface area contributed by atoms with Crippen LogP contribution in [-0.4, -0.2) is 14.6 Å². The summed E-state index contributed by atoms with van der Waals surface area (Å²) in [4.78, 5) is 21.6. The molecule has 2 aromatic heterocycles. The summed E-state index contributed by atoms with van der Waals surface area (Å²) in [5, 5.41) is 2.31. The van der Waals surface area contributed by atoms with Gasteiger partial charge in [-0.15, -0.1) is 11.3 Å². The molecule has 1 atom stereocenters. The van der Waals surface area contributed by atoms with Crippen molar-refractivity contribution in [2.45, 2.75) is 31.9 Å². The lowest BCUT2D eigenvalue weighted by Crippen LogP contribution is -2.13. The van der Waals surface area contributed by atoms with Crippen LogP contribution in [0.5, 0.6) is 0 Å². The highest BCUT2D eigenvalue weighted by molar-refractivity contribution is 8.13. The number of amidine groups is 1. The topological polar surface area (TPSA) is 72.8 Å². The fourth-order valence-corrected chi connectivity index (χ4v) is 3.73. The molecule has 0 unspecified atom stereocenters. The van der Waals surface area contributed by atoms with Crippen LogP contribution in [-0.2, 0) is 5.75 Å². The van der Waals surface area contributed by atoms with E-state index >= 15 is 0 Å². The predicted molar refractivity (Wildman–Crippen MR) is 107 cm³/mol. The Morgan fingerprint density at radius 1 is 1.40 bits per heavy atom. The third kappa shape index (κ3) is 4.29. The van der Waals surface area contributed by atoms with Crippen molar-refractivity contribution < 1.29 is 0 Å². The molecule has 0 saturated carbocycles. The van der Waals surface area contributed by atoms with Crippen LogP contribution in [0.15, 0.2) is 51.7 Å². The van der Waals surface area contributed by atoms with Gasteiger partial charge >= 0.3 is 0 Å². The van der Waals surface area contributed by atoms with Gasteiger partial charge in [0.2, 0.25) is 0 Å². The van der Waals surface area contributed by atoms with Crippen LogP contribution in [0.2, 0.25) is 0 Å². The van der Waals surface area contributed by atoms with Gasteiger partial charge in [-0.25, -0.2) is 9.98 Å². The number of aromatic nitrogens is 2. The van der Waals surface area contributed by atoms with E-state index in [1.165, 1.54) is 33.1 Å². The molecule has 0 aliphatic rings. The second-order valence-electron chi connectivity index (χ2n) is 5.78.